The Labute approximate surface area is 108 Å². The van der Waals surface area contributed by atoms with Crippen LogP contribution in [0.3, 0.4) is 0 Å². The SMILES string of the molecule is Cc1nc2c(c(=O)n1C)OCC(=O)N2CC(O)CO. The number of rotatable bonds is 3. The minimum atomic E-state index is -1.10. The van der Waals surface area contributed by atoms with E-state index in [-0.39, 0.29) is 24.7 Å². The van der Waals surface area contributed by atoms with Crippen LogP contribution in [0, 0.1) is 6.92 Å². The van der Waals surface area contributed by atoms with E-state index >= 15 is 0 Å². The molecule has 8 nitrogen and oxygen atoms in total. The molecule has 1 aliphatic heterocycles. The van der Waals surface area contributed by atoms with Crippen molar-refractivity contribution in [3.63, 3.8) is 0 Å². The van der Waals surface area contributed by atoms with Crippen molar-refractivity contribution in [2.75, 3.05) is 24.7 Å². The van der Waals surface area contributed by atoms with Crippen molar-refractivity contribution in [2.24, 2.45) is 7.05 Å². The van der Waals surface area contributed by atoms with Gasteiger partial charge >= 0.3 is 0 Å². The number of aliphatic hydroxyl groups excluding tert-OH is 2. The fraction of sp³-hybridized carbons (Fsp3) is 0.545. The molecule has 1 amide bonds. The lowest BCUT2D eigenvalue weighted by Crippen LogP contribution is -2.46. The minimum absolute atomic E-state index is 0.0159. The number of aryl methyl sites for hydroxylation is 1. The van der Waals surface area contributed by atoms with Crippen molar-refractivity contribution in [1.82, 2.24) is 9.55 Å². The zero-order chi connectivity index (χ0) is 14.2. The molecule has 0 bridgehead atoms. The molecule has 0 aromatic carbocycles. The summed E-state index contributed by atoms with van der Waals surface area (Å²) in [7, 11) is 1.55. The first-order chi connectivity index (χ1) is 8.95. The normalized spacial score (nSPS) is 16.0. The molecule has 0 saturated heterocycles. The smallest absolute Gasteiger partial charge is 0.297 e. The number of β-amino-alcohol motifs (C(OH)–C–C–N with tert-alkyl or cyclic N) is 1. The van der Waals surface area contributed by atoms with Gasteiger partial charge in [0.25, 0.3) is 11.5 Å². The average Bonchev–Trinajstić information content (AvgIpc) is 2.39. The minimum Gasteiger partial charge on any atom is -0.475 e. The Morgan fingerprint density at radius 3 is 2.79 bits per heavy atom. The van der Waals surface area contributed by atoms with Gasteiger partial charge in [0.15, 0.2) is 12.4 Å². The predicted octanol–water partition coefficient (Wildman–Crippen LogP) is -1.83. The van der Waals surface area contributed by atoms with Crippen molar-refractivity contribution in [3.8, 4) is 5.75 Å². The van der Waals surface area contributed by atoms with Crippen LogP contribution in [0.4, 0.5) is 5.82 Å². The van der Waals surface area contributed by atoms with E-state index in [9.17, 15) is 14.7 Å². The van der Waals surface area contributed by atoms with E-state index in [2.05, 4.69) is 4.98 Å². The van der Waals surface area contributed by atoms with Gasteiger partial charge in [-0.1, -0.05) is 0 Å². The summed E-state index contributed by atoms with van der Waals surface area (Å²) in [5.41, 5.74) is -0.390. The van der Waals surface area contributed by atoms with Crippen LogP contribution in [0.15, 0.2) is 4.79 Å². The fourth-order valence-electron chi connectivity index (χ4n) is 1.77. The Morgan fingerprint density at radius 2 is 2.16 bits per heavy atom. The van der Waals surface area contributed by atoms with Crippen molar-refractivity contribution in [3.05, 3.63) is 16.2 Å². The third-order valence-corrected chi connectivity index (χ3v) is 2.96. The molecule has 0 aliphatic carbocycles. The van der Waals surface area contributed by atoms with Crippen LogP contribution in [0.1, 0.15) is 5.82 Å². The van der Waals surface area contributed by atoms with Crippen LogP contribution in [-0.4, -0.2) is 51.5 Å². The van der Waals surface area contributed by atoms with Crippen molar-refractivity contribution >= 4 is 11.7 Å². The molecular formula is C11H15N3O5. The lowest BCUT2D eigenvalue weighted by Gasteiger charge is -2.29. The zero-order valence-corrected chi connectivity index (χ0v) is 10.7. The monoisotopic (exact) mass is 269 g/mol. The summed E-state index contributed by atoms with van der Waals surface area (Å²) in [6, 6.07) is 0. The molecule has 0 saturated carbocycles. The van der Waals surface area contributed by atoms with Crippen molar-refractivity contribution in [1.29, 1.82) is 0 Å². The van der Waals surface area contributed by atoms with E-state index < -0.39 is 24.2 Å². The lowest BCUT2D eigenvalue weighted by molar-refractivity contribution is -0.121. The highest BCUT2D eigenvalue weighted by Gasteiger charge is 2.31. The number of carbonyl (C=O) groups excluding carboxylic acids is 1. The van der Waals surface area contributed by atoms with Crippen LogP contribution < -0.4 is 15.2 Å². The second-order valence-corrected chi connectivity index (χ2v) is 4.31. The highest BCUT2D eigenvalue weighted by molar-refractivity contribution is 5.96. The predicted molar refractivity (Wildman–Crippen MR) is 65.2 cm³/mol. The quantitative estimate of drug-likeness (QED) is 0.668. The Hall–Kier alpha value is -1.93. The molecule has 2 rings (SSSR count). The molecule has 104 valence electrons. The first-order valence-corrected chi connectivity index (χ1v) is 5.75. The third-order valence-electron chi connectivity index (χ3n) is 2.96. The summed E-state index contributed by atoms with van der Waals surface area (Å²) >= 11 is 0. The molecule has 1 aliphatic rings. The molecule has 0 radical (unpaired) electrons. The second-order valence-electron chi connectivity index (χ2n) is 4.31. The molecule has 8 heteroatoms. The first kappa shape index (κ1) is 13.5. The maximum Gasteiger partial charge on any atom is 0.297 e. The van der Waals surface area contributed by atoms with Gasteiger partial charge in [-0.05, 0) is 6.92 Å². The molecule has 0 fully saturated rings. The number of nitrogens with zero attached hydrogens (tertiary/aromatic N) is 3. The van der Waals surface area contributed by atoms with E-state index in [0.717, 1.165) is 4.90 Å². The van der Waals surface area contributed by atoms with Crippen LogP contribution >= 0.6 is 0 Å². The fourth-order valence-corrected chi connectivity index (χ4v) is 1.77. The summed E-state index contributed by atoms with van der Waals surface area (Å²) in [5.74, 6) is 0.0767. The van der Waals surface area contributed by atoms with E-state index in [4.69, 9.17) is 9.84 Å². The number of ether oxygens (including phenoxy) is 1. The Balaban J connectivity index is 2.50. The summed E-state index contributed by atoms with van der Waals surface area (Å²) < 4.78 is 6.43. The van der Waals surface area contributed by atoms with Gasteiger partial charge in [-0.2, -0.15) is 0 Å². The zero-order valence-electron chi connectivity index (χ0n) is 10.7. The number of hydrogen-bond donors (Lipinski definition) is 2. The summed E-state index contributed by atoms with van der Waals surface area (Å²) in [6.45, 7) is 0.724. The number of aromatic nitrogens is 2. The molecule has 2 N–H and O–H groups in total. The standard InChI is InChI=1S/C11H15N3O5/c1-6-12-10-9(11(18)13(6)2)19-5-8(17)14(10)3-7(16)4-15/h7,15-16H,3-5H2,1-2H3. The van der Waals surface area contributed by atoms with Crippen LogP contribution in [0.5, 0.6) is 5.75 Å². The van der Waals surface area contributed by atoms with Gasteiger partial charge in [-0.25, -0.2) is 4.98 Å². The van der Waals surface area contributed by atoms with Gasteiger partial charge in [-0.3, -0.25) is 19.1 Å². The van der Waals surface area contributed by atoms with Gasteiger partial charge in [0.1, 0.15) is 5.82 Å². The highest BCUT2D eigenvalue weighted by atomic mass is 16.5. The van der Waals surface area contributed by atoms with Gasteiger partial charge in [0, 0.05) is 7.05 Å². The summed E-state index contributed by atoms with van der Waals surface area (Å²) in [4.78, 5) is 29.1. The van der Waals surface area contributed by atoms with Crippen LogP contribution in [0.2, 0.25) is 0 Å². The number of fused-ring (bicyclic) bond motifs is 1. The van der Waals surface area contributed by atoms with Gasteiger partial charge in [0.05, 0.1) is 19.3 Å². The summed E-state index contributed by atoms with van der Waals surface area (Å²) in [5, 5.41) is 18.3. The van der Waals surface area contributed by atoms with Crippen molar-refractivity contribution in [2.45, 2.75) is 13.0 Å². The van der Waals surface area contributed by atoms with E-state index in [0.29, 0.717) is 5.82 Å². The maximum atomic E-state index is 12.0. The topological polar surface area (TPSA) is 105 Å². The number of amides is 1. The number of anilines is 1. The Morgan fingerprint density at radius 1 is 1.47 bits per heavy atom. The number of aliphatic hydroxyl groups is 2. The highest BCUT2D eigenvalue weighted by Crippen LogP contribution is 2.26. The molecule has 1 atom stereocenters. The number of hydrogen-bond acceptors (Lipinski definition) is 6. The number of carbonyl (C=O) groups is 1. The van der Waals surface area contributed by atoms with Gasteiger partial charge < -0.3 is 14.9 Å². The summed E-state index contributed by atoms with van der Waals surface area (Å²) in [6.07, 6.45) is -1.10. The molecule has 19 heavy (non-hydrogen) atoms. The molecular weight excluding hydrogens is 254 g/mol. The molecule has 2 heterocycles. The van der Waals surface area contributed by atoms with E-state index in [1.54, 1.807) is 14.0 Å². The van der Waals surface area contributed by atoms with Crippen molar-refractivity contribution < 1.29 is 19.7 Å². The molecule has 1 unspecified atom stereocenters. The Bertz CT molecular complexity index is 568. The second kappa shape index (κ2) is 4.98. The molecule has 1 aromatic heterocycles. The first-order valence-electron chi connectivity index (χ1n) is 5.75. The van der Waals surface area contributed by atoms with E-state index in [1.807, 2.05) is 0 Å². The van der Waals surface area contributed by atoms with Crippen LogP contribution in [0.25, 0.3) is 0 Å². The molecule has 1 aromatic rings. The largest absolute Gasteiger partial charge is 0.475 e. The van der Waals surface area contributed by atoms with E-state index in [1.165, 1.54) is 4.57 Å². The third kappa shape index (κ3) is 2.32. The average molecular weight is 269 g/mol. The molecule has 0 spiro atoms. The Kier molecular flexibility index (Phi) is 3.54. The van der Waals surface area contributed by atoms with Crippen LogP contribution in [-0.2, 0) is 11.8 Å². The maximum absolute atomic E-state index is 12.0. The van der Waals surface area contributed by atoms with Gasteiger partial charge in [-0.15, -0.1) is 0 Å². The lowest BCUT2D eigenvalue weighted by atomic mass is 10.3. The van der Waals surface area contributed by atoms with Gasteiger partial charge in [0.2, 0.25) is 5.75 Å².